The Morgan fingerprint density at radius 3 is 2.33 bits per heavy atom. The van der Waals surface area contributed by atoms with E-state index < -0.39 is 15.9 Å². The molecule has 5 nitrogen and oxygen atoms in total. The zero-order valence-corrected chi connectivity index (χ0v) is 15.3. The summed E-state index contributed by atoms with van der Waals surface area (Å²) in [5.41, 5.74) is 3.44. The summed E-state index contributed by atoms with van der Waals surface area (Å²) in [5.74, 6) is -0.437. The number of rotatable bonds is 5. The highest BCUT2D eigenvalue weighted by Gasteiger charge is 2.16. The number of carbonyl (C=O) groups excluding carboxylic acids is 1. The number of nitrogens with one attached hydrogen (secondary N) is 2. The lowest BCUT2D eigenvalue weighted by atomic mass is 10.1. The van der Waals surface area contributed by atoms with E-state index in [4.69, 9.17) is 11.6 Å². The van der Waals surface area contributed by atoms with Gasteiger partial charge in [-0.2, -0.15) is 0 Å². The molecule has 2 aromatic rings. The lowest BCUT2D eigenvalue weighted by molar-refractivity contribution is -0.115. The average Bonchev–Trinajstić information content (AvgIpc) is 2.52. The topological polar surface area (TPSA) is 75.3 Å². The number of halogens is 1. The normalized spacial score (nSPS) is 11.3. The Hall–Kier alpha value is -1.89. The van der Waals surface area contributed by atoms with E-state index in [0.29, 0.717) is 16.3 Å². The van der Waals surface area contributed by atoms with Crippen LogP contribution < -0.4 is 10.0 Å². The van der Waals surface area contributed by atoms with Crippen molar-refractivity contribution in [3.63, 3.8) is 0 Å². The van der Waals surface area contributed by atoms with Crippen LogP contribution in [-0.2, 0) is 14.8 Å². The molecule has 0 heterocycles. The smallest absolute Gasteiger partial charge is 0.241 e. The minimum atomic E-state index is -3.77. The Labute approximate surface area is 147 Å². The molecule has 0 saturated carbocycles. The van der Waals surface area contributed by atoms with Crippen molar-refractivity contribution < 1.29 is 13.2 Å². The molecular formula is C17H19ClN2O3S. The molecule has 0 aliphatic rings. The molecule has 0 aliphatic heterocycles. The maximum absolute atomic E-state index is 12.2. The van der Waals surface area contributed by atoms with Crippen LogP contribution in [0.2, 0.25) is 5.02 Å². The van der Waals surface area contributed by atoms with E-state index in [9.17, 15) is 13.2 Å². The van der Waals surface area contributed by atoms with Gasteiger partial charge in [0.15, 0.2) is 0 Å². The van der Waals surface area contributed by atoms with Crippen LogP contribution in [0.4, 0.5) is 5.69 Å². The van der Waals surface area contributed by atoms with E-state index >= 15 is 0 Å². The van der Waals surface area contributed by atoms with E-state index in [1.54, 1.807) is 13.0 Å². The third kappa shape index (κ3) is 4.56. The van der Waals surface area contributed by atoms with E-state index in [-0.39, 0.29) is 11.4 Å². The van der Waals surface area contributed by atoms with Gasteiger partial charge < -0.3 is 5.32 Å². The summed E-state index contributed by atoms with van der Waals surface area (Å²) in [4.78, 5) is 12.0. The van der Waals surface area contributed by atoms with Crippen molar-refractivity contribution in [2.75, 3.05) is 11.9 Å². The van der Waals surface area contributed by atoms with E-state index in [1.807, 2.05) is 26.0 Å². The number of hydrogen-bond acceptors (Lipinski definition) is 3. The molecule has 0 bridgehead atoms. The first-order valence-electron chi connectivity index (χ1n) is 7.32. The Balaban J connectivity index is 2.01. The van der Waals surface area contributed by atoms with Crippen molar-refractivity contribution in [3.05, 3.63) is 58.1 Å². The van der Waals surface area contributed by atoms with Crippen molar-refractivity contribution in [2.24, 2.45) is 0 Å². The second-order valence-electron chi connectivity index (χ2n) is 5.58. The SMILES string of the molecule is Cc1ccc(NC(=O)CNS(=O)(=O)c2ccc(Cl)c(C)c2)cc1C. The number of amides is 1. The second kappa shape index (κ2) is 7.34. The predicted molar refractivity (Wildman–Crippen MR) is 95.9 cm³/mol. The number of anilines is 1. The highest BCUT2D eigenvalue weighted by atomic mass is 35.5. The molecule has 0 radical (unpaired) electrons. The molecule has 24 heavy (non-hydrogen) atoms. The fourth-order valence-corrected chi connectivity index (χ4v) is 3.24. The van der Waals surface area contributed by atoms with Crippen LogP contribution in [-0.4, -0.2) is 20.9 Å². The quantitative estimate of drug-likeness (QED) is 0.853. The van der Waals surface area contributed by atoms with Crippen LogP contribution in [0.1, 0.15) is 16.7 Å². The summed E-state index contributed by atoms with van der Waals surface area (Å²) < 4.78 is 26.7. The van der Waals surface area contributed by atoms with Gasteiger partial charge in [-0.15, -0.1) is 0 Å². The van der Waals surface area contributed by atoms with Crippen molar-refractivity contribution in [3.8, 4) is 0 Å². The van der Waals surface area contributed by atoms with Crippen LogP contribution in [0.15, 0.2) is 41.3 Å². The Bertz CT molecular complexity index is 879. The third-order valence-corrected chi connectivity index (χ3v) is 5.48. The average molecular weight is 367 g/mol. The van der Waals surface area contributed by atoms with Crippen LogP contribution in [0.3, 0.4) is 0 Å². The molecule has 0 fully saturated rings. The minimum absolute atomic E-state index is 0.0726. The lowest BCUT2D eigenvalue weighted by Gasteiger charge is -2.10. The fraction of sp³-hybridized carbons (Fsp3) is 0.235. The molecule has 0 unspecified atom stereocenters. The molecule has 2 aromatic carbocycles. The second-order valence-corrected chi connectivity index (χ2v) is 7.76. The molecule has 2 rings (SSSR count). The largest absolute Gasteiger partial charge is 0.325 e. The van der Waals surface area contributed by atoms with Crippen LogP contribution >= 0.6 is 11.6 Å². The number of carbonyl (C=O) groups is 1. The zero-order chi connectivity index (χ0) is 17.9. The van der Waals surface area contributed by atoms with Gasteiger partial charge in [0.1, 0.15) is 0 Å². The lowest BCUT2D eigenvalue weighted by Crippen LogP contribution is -2.33. The molecule has 0 aromatic heterocycles. The van der Waals surface area contributed by atoms with Gasteiger partial charge in [-0.25, -0.2) is 13.1 Å². The summed E-state index contributed by atoms with van der Waals surface area (Å²) in [6.45, 7) is 5.28. The highest BCUT2D eigenvalue weighted by molar-refractivity contribution is 7.89. The summed E-state index contributed by atoms with van der Waals surface area (Å²) >= 11 is 5.89. The molecule has 0 saturated heterocycles. The van der Waals surface area contributed by atoms with Gasteiger partial charge >= 0.3 is 0 Å². The van der Waals surface area contributed by atoms with Crippen molar-refractivity contribution in [1.82, 2.24) is 4.72 Å². The van der Waals surface area contributed by atoms with E-state index in [0.717, 1.165) is 11.1 Å². The fourth-order valence-electron chi connectivity index (χ4n) is 2.05. The Morgan fingerprint density at radius 2 is 1.71 bits per heavy atom. The molecule has 2 N–H and O–H groups in total. The maximum Gasteiger partial charge on any atom is 0.241 e. The van der Waals surface area contributed by atoms with Gasteiger partial charge in [0, 0.05) is 10.7 Å². The van der Waals surface area contributed by atoms with Crippen LogP contribution in [0, 0.1) is 20.8 Å². The van der Waals surface area contributed by atoms with Crippen molar-refractivity contribution >= 4 is 33.2 Å². The number of benzene rings is 2. The first kappa shape index (κ1) is 18.4. The van der Waals surface area contributed by atoms with Gasteiger partial charge in [-0.05, 0) is 67.8 Å². The van der Waals surface area contributed by atoms with Gasteiger partial charge in [-0.1, -0.05) is 17.7 Å². The molecule has 7 heteroatoms. The Morgan fingerprint density at radius 1 is 1.00 bits per heavy atom. The molecule has 1 amide bonds. The standard InChI is InChI=1S/C17H19ClN2O3S/c1-11-4-5-14(8-12(11)2)20-17(21)10-19-24(22,23)15-6-7-16(18)13(3)9-15/h4-9,19H,10H2,1-3H3,(H,20,21). The van der Waals surface area contributed by atoms with Crippen molar-refractivity contribution in [2.45, 2.75) is 25.7 Å². The first-order valence-corrected chi connectivity index (χ1v) is 9.18. The number of aryl methyl sites for hydroxylation is 3. The first-order chi connectivity index (χ1) is 11.2. The summed E-state index contributed by atoms with van der Waals surface area (Å²) in [6.07, 6.45) is 0. The highest BCUT2D eigenvalue weighted by Crippen LogP contribution is 2.19. The number of sulfonamides is 1. The molecule has 0 aliphatic carbocycles. The van der Waals surface area contributed by atoms with E-state index in [2.05, 4.69) is 10.0 Å². The molecule has 128 valence electrons. The van der Waals surface area contributed by atoms with E-state index in [1.165, 1.54) is 18.2 Å². The van der Waals surface area contributed by atoms with Gasteiger partial charge in [0.25, 0.3) is 0 Å². The zero-order valence-electron chi connectivity index (χ0n) is 13.7. The van der Waals surface area contributed by atoms with Gasteiger partial charge in [0.2, 0.25) is 15.9 Å². The molecule has 0 atom stereocenters. The van der Waals surface area contributed by atoms with Crippen LogP contribution in [0.25, 0.3) is 0 Å². The molecular weight excluding hydrogens is 348 g/mol. The number of hydrogen-bond donors (Lipinski definition) is 2. The summed E-state index contributed by atoms with van der Waals surface area (Å²) in [7, 11) is -3.77. The third-order valence-electron chi connectivity index (χ3n) is 3.65. The predicted octanol–water partition coefficient (Wildman–Crippen LogP) is 3.18. The summed E-state index contributed by atoms with van der Waals surface area (Å²) in [6, 6.07) is 9.89. The minimum Gasteiger partial charge on any atom is -0.325 e. The Kier molecular flexibility index (Phi) is 5.64. The van der Waals surface area contributed by atoms with Crippen molar-refractivity contribution in [1.29, 1.82) is 0 Å². The van der Waals surface area contributed by atoms with Gasteiger partial charge in [-0.3, -0.25) is 4.79 Å². The monoisotopic (exact) mass is 366 g/mol. The molecule has 0 spiro atoms. The van der Waals surface area contributed by atoms with Gasteiger partial charge in [0.05, 0.1) is 11.4 Å². The van der Waals surface area contributed by atoms with Crippen LogP contribution in [0.5, 0.6) is 0 Å². The maximum atomic E-state index is 12.2. The summed E-state index contributed by atoms with van der Waals surface area (Å²) in [5, 5.41) is 3.15.